The van der Waals surface area contributed by atoms with Crippen LogP contribution in [0, 0.1) is 3.57 Å². The fourth-order valence-corrected chi connectivity index (χ4v) is 1.80. The lowest BCUT2D eigenvalue weighted by Crippen LogP contribution is -2.36. The van der Waals surface area contributed by atoms with Crippen LogP contribution in [0.4, 0.5) is 4.79 Å². The fourth-order valence-electron chi connectivity index (χ4n) is 1.36. The summed E-state index contributed by atoms with van der Waals surface area (Å²) in [7, 11) is 0. The number of nitrogens with one attached hydrogen (secondary N) is 1. The van der Waals surface area contributed by atoms with E-state index in [1.165, 1.54) is 9.58 Å². The molecule has 6 nitrogen and oxygen atoms in total. The van der Waals surface area contributed by atoms with Gasteiger partial charge in [-0.2, -0.15) is 5.10 Å². The number of urea groups is 1. The van der Waals surface area contributed by atoms with Crippen LogP contribution >= 0.6 is 22.6 Å². The highest BCUT2D eigenvalue weighted by molar-refractivity contribution is 14.1. The maximum absolute atomic E-state index is 11.6. The fraction of sp³-hybridized carbons (Fsp3) is 0.375. The Balaban J connectivity index is 2.00. The molecular weight excluding hydrogens is 311 g/mol. The molecule has 1 N–H and O–H groups in total. The molecule has 1 fully saturated rings. The second-order valence-electron chi connectivity index (χ2n) is 3.13. The summed E-state index contributed by atoms with van der Waals surface area (Å²) in [5, 5.41) is 6.56. The summed E-state index contributed by atoms with van der Waals surface area (Å²) in [5.41, 5.74) is 0. The molecule has 0 spiro atoms. The molecule has 3 amide bonds. The smallest absolute Gasteiger partial charge is 0.324 e. The number of hydrogen-bond acceptors (Lipinski definition) is 3. The van der Waals surface area contributed by atoms with Gasteiger partial charge in [0.2, 0.25) is 0 Å². The average molecular weight is 320 g/mol. The van der Waals surface area contributed by atoms with Crippen molar-refractivity contribution < 1.29 is 9.59 Å². The Kier molecular flexibility index (Phi) is 2.89. The first-order valence-corrected chi connectivity index (χ1v) is 5.51. The van der Waals surface area contributed by atoms with E-state index in [4.69, 9.17) is 0 Å². The Morgan fingerprint density at radius 1 is 1.67 bits per heavy atom. The molecule has 0 unspecified atom stereocenters. The summed E-state index contributed by atoms with van der Waals surface area (Å²) in [6.45, 7) is 1.08. The van der Waals surface area contributed by atoms with E-state index < -0.39 is 0 Å². The van der Waals surface area contributed by atoms with Crippen molar-refractivity contribution in [2.24, 2.45) is 0 Å². The number of nitrogens with zero attached hydrogens (tertiary/aromatic N) is 3. The highest BCUT2D eigenvalue weighted by atomic mass is 127. The van der Waals surface area contributed by atoms with Gasteiger partial charge in [0.05, 0.1) is 9.77 Å². The summed E-state index contributed by atoms with van der Waals surface area (Å²) >= 11 is 2.11. The molecule has 1 aliphatic heterocycles. The van der Waals surface area contributed by atoms with Crippen LogP contribution in [-0.4, -0.2) is 39.7 Å². The number of aromatic nitrogens is 2. The maximum Gasteiger partial charge on any atom is 0.324 e. The maximum atomic E-state index is 11.6. The number of imide groups is 1. The van der Waals surface area contributed by atoms with Gasteiger partial charge in [0.25, 0.3) is 5.91 Å². The summed E-state index contributed by atoms with van der Waals surface area (Å²) < 4.78 is 2.49. The Bertz CT molecular complexity index is 403. The standard InChI is InChI=1S/C8H9IN4O2/c9-6-3-11-12(4-6)5-7(14)13-2-1-10-8(13)15/h3-4H,1-2,5H2,(H,10,15). The third-order valence-corrected chi connectivity index (χ3v) is 2.61. The normalized spacial score (nSPS) is 15.5. The van der Waals surface area contributed by atoms with Gasteiger partial charge in [0.15, 0.2) is 0 Å². The number of carbonyl (C=O) groups excluding carboxylic acids is 2. The van der Waals surface area contributed by atoms with E-state index in [1.54, 1.807) is 12.4 Å². The third kappa shape index (κ3) is 2.28. The van der Waals surface area contributed by atoms with Gasteiger partial charge in [0.1, 0.15) is 6.54 Å². The zero-order chi connectivity index (χ0) is 10.8. The van der Waals surface area contributed by atoms with Crippen LogP contribution in [-0.2, 0) is 11.3 Å². The Morgan fingerprint density at radius 3 is 3.00 bits per heavy atom. The van der Waals surface area contributed by atoms with Crippen LogP contribution in [0.3, 0.4) is 0 Å². The molecule has 0 saturated carbocycles. The highest BCUT2D eigenvalue weighted by Gasteiger charge is 2.26. The molecule has 1 saturated heterocycles. The third-order valence-electron chi connectivity index (χ3n) is 2.06. The van der Waals surface area contributed by atoms with Crippen LogP contribution in [0.25, 0.3) is 0 Å². The first-order valence-electron chi connectivity index (χ1n) is 4.43. The topological polar surface area (TPSA) is 67.2 Å². The van der Waals surface area contributed by atoms with Gasteiger partial charge in [-0.3, -0.25) is 14.4 Å². The van der Waals surface area contributed by atoms with E-state index in [-0.39, 0.29) is 18.5 Å². The minimum Gasteiger partial charge on any atom is -0.336 e. The molecule has 0 bridgehead atoms. The van der Waals surface area contributed by atoms with Crippen molar-refractivity contribution in [3.63, 3.8) is 0 Å². The minimum absolute atomic E-state index is 0.108. The van der Waals surface area contributed by atoms with Crippen LogP contribution in [0.2, 0.25) is 0 Å². The molecule has 2 rings (SSSR count). The summed E-state index contributed by atoms with van der Waals surface area (Å²) in [6.07, 6.45) is 3.42. The minimum atomic E-state index is -0.318. The molecule has 1 aromatic rings. The SMILES string of the molecule is O=C(Cn1cc(I)cn1)N1CCNC1=O. The number of amides is 3. The Labute approximate surface area is 99.8 Å². The highest BCUT2D eigenvalue weighted by Crippen LogP contribution is 2.03. The van der Waals surface area contributed by atoms with Gasteiger partial charge in [-0.1, -0.05) is 0 Å². The lowest BCUT2D eigenvalue weighted by molar-refractivity contribution is -0.128. The van der Waals surface area contributed by atoms with E-state index in [2.05, 4.69) is 33.0 Å². The first kappa shape index (κ1) is 10.4. The van der Waals surface area contributed by atoms with Gasteiger partial charge in [-0.25, -0.2) is 4.79 Å². The molecule has 0 aromatic carbocycles. The van der Waals surface area contributed by atoms with Crippen molar-refractivity contribution in [2.45, 2.75) is 6.54 Å². The lowest BCUT2D eigenvalue weighted by Gasteiger charge is -2.11. The van der Waals surface area contributed by atoms with Gasteiger partial charge in [0, 0.05) is 19.3 Å². The molecule has 15 heavy (non-hydrogen) atoms. The number of rotatable bonds is 2. The van der Waals surface area contributed by atoms with Gasteiger partial charge in [-0.15, -0.1) is 0 Å². The molecule has 0 radical (unpaired) electrons. The van der Waals surface area contributed by atoms with Gasteiger partial charge in [-0.05, 0) is 22.6 Å². The predicted octanol–water partition coefficient (Wildman–Crippen LogP) is 0.0395. The van der Waals surface area contributed by atoms with E-state index in [1.807, 2.05) is 0 Å². The molecule has 1 aromatic heterocycles. The van der Waals surface area contributed by atoms with E-state index >= 15 is 0 Å². The van der Waals surface area contributed by atoms with Crippen molar-refractivity contribution in [1.82, 2.24) is 20.0 Å². The monoisotopic (exact) mass is 320 g/mol. The number of halogens is 1. The van der Waals surface area contributed by atoms with Crippen molar-refractivity contribution in [2.75, 3.05) is 13.1 Å². The Morgan fingerprint density at radius 2 is 2.47 bits per heavy atom. The molecule has 2 heterocycles. The van der Waals surface area contributed by atoms with Crippen molar-refractivity contribution in [3.05, 3.63) is 16.0 Å². The van der Waals surface area contributed by atoms with Crippen LogP contribution in [0.1, 0.15) is 0 Å². The van der Waals surface area contributed by atoms with Gasteiger partial charge >= 0.3 is 6.03 Å². The zero-order valence-corrected chi connectivity index (χ0v) is 9.97. The molecule has 0 aliphatic carbocycles. The van der Waals surface area contributed by atoms with Crippen LogP contribution < -0.4 is 5.32 Å². The number of carbonyl (C=O) groups is 2. The van der Waals surface area contributed by atoms with E-state index in [0.29, 0.717) is 13.1 Å². The molecule has 1 aliphatic rings. The molecular formula is C8H9IN4O2. The predicted molar refractivity (Wildman–Crippen MR) is 60.1 cm³/mol. The molecule has 7 heteroatoms. The van der Waals surface area contributed by atoms with Crippen LogP contribution in [0.15, 0.2) is 12.4 Å². The van der Waals surface area contributed by atoms with E-state index in [0.717, 1.165) is 3.57 Å². The second kappa shape index (κ2) is 4.17. The largest absolute Gasteiger partial charge is 0.336 e. The Hall–Kier alpha value is -1.12. The molecule has 80 valence electrons. The summed E-state index contributed by atoms with van der Waals surface area (Å²) in [4.78, 5) is 24.0. The first-order chi connectivity index (χ1) is 7.16. The summed E-state index contributed by atoms with van der Waals surface area (Å²) in [6, 6.07) is -0.318. The van der Waals surface area contributed by atoms with Gasteiger partial charge < -0.3 is 5.32 Å². The summed E-state index contributed by atoms with van der Waals surface area (Å²) in [5.74, 6) is -0.232. The van der Waals surface area contributed by atoms with E-state index in [9.17, 15) is 9.59 Å². The number of hydrogen-bond donors (Lipinski definition) is 1. The van der Waals surface area contributed by atoms with Crippen molar-refractivity contribution in [1.29, 1.82) is 0 Å². The van der Waals surface area contributed by atoms with Crippen molar-refractivity contribution >= 4 is 34.5 Å². The molecule has 0 atom stereocenters. The van der Waals surface area contributed by atoms with Crippen LogP contribution in [0.5, 0.6) is 0 Å². The lowest BCUT2D eigenvalue weighted by atomic mass is 10.5. The quantitative estimate of drug-likeness (QED) is 0.783. The van der Waals surface area contributed by atoms with Crippen molar-refractivity contribution in [3.8, 4) is 0 Å². The average Bonchev–Trinajstić information content (AvgIpc) is 2.75. The zero-order valence-electron chi connectivity index (χ0n) is 7.81. The second-order valence-corrected chi connectivity index (χ2v) is 4.38.